The molecule has 22 heavy (non-hydrogen) atoms. The molecule has 0 saturated carbocycles. The van der Waals surface area contributed by atoms with Gasteiger partial charge in [-0.25, -0.2) is 0 Å². The highest BCUT2D eigenvalue weighted by Crippen LogP contribution is 2.43. The molecule has 1 aliphatic heterocycles. The number of allylic oxidation sites excluding steroid dienone is 1. The van der Waals surface area contributed by atoms with Crippen LogP contribution in [-0.4, -0.2) is 7.11 Å². The summed E-state index contributed by atoms with van der Waals surface area (Å²) >= 11 is 0. The first-order chi connectivity index (χ1) is 10.6. The van der Waals surface area contributed by atoms with E-state index in [1.54, 1.807) is 13.2 Å². The highest BCUT2D eigenvalue weighted by molar-refractivity contribution is 5.57. The summed E-state index contributed by atoms with van der Waals surface area (Å²) in [6.45, 7) is 2.03. The molecule has 1 atom stereocenters. The molecule has 0 radical (unpaired) electrons. The van der Waals surface area contributed by atoms with Gasteiger partial charge >= 0.3 is 0 Å². The lowest BCUT2D eigenvalue weighted by Gasteiger charge is -2.26. The van der Waals surface area contributed by atoms with E-state index in [1.807, 2.05) is 43.3 Å². The van der Waals surface area contributed by atoms with Gasteiger partial charge in [0.25, 0.3) is 0 Å². The summed E-state index contributed by atoms with van der Waals surface area (Å²) < 4.78 is 10.8. The quantitative estimate of drug-likeness (QED) is 0.922. The number of benzene rings is 2. The summed E-state index contributed by atoms with van der Waals surface area (Å²) in [6.07, 6.45) is 0. The molecular weight excluding hydrogens is 276 g/mol. The minimum absolute atomic E-state index is 0.147. The van der Waals surface area contributed by atoms with Gasteiger partial charge in [-0.05, 0) is 18.6 Å². The summed E-state index contributed by atoms with van der Waals surface area (Å²) in [5.74, 6) is 1.24. The van der Waals surface area contributed by atoms with E-state index in [1.165, 1.54) is 5.56 Å². The molecule has 0 fully saturated rings. The first kappa shape index (κ1) is 14.0. The van der Waals surface area contributed by atoms with E-state index in [0.29, 0.717) is 17.1 Å². The highest BCUT2D eigenvalue weighted by Gasteiger charge is 2.30. The van der Waals surface area contributed by atoms with Crippen LogP contribution in [0.4, 0.5) is 0 Å². The second kappa shape index (κ2) is 5.45. The smallest absolute Gasteiger partial charge is 0.205 e. The fourth-order valence-electron chi connectivity index (χ4n) is 2.66. The van der Waals surface area contributed by atoms with E-state index in [4.69, 9.17) is 15.2 Å². The number of rotatable bonds is 2. The Bertz CT molecular complexity index is 786. The Balaban J connectivity index is 2.18. The van der Waals surface area contributed by atoms with E-state index in [9.17, 15) is 5.26 Å². The van der Waals surface area contributed by atoms with Crippen molar-refractivity contribution in [2.24, 2.45) is 5.73 Å². The van der Waals surface area contributed by atoms with Gasteiger partial charge in [-0.3, -0.25) is 0 Å². The van der Waals surface area contributed by atoms with Crippen molar-refractivity contribution in [3.63, 3.8) is 0 Å². The van der Waals surface area contributed by atoms with E-state index >= 15 is 0 Å². The molecule has 4 nitrogen and oxygen atoms in total. The van der Waals surface area contributed by atoms with Gasteiger partial charge in [0, 0.05) is 11.6 Å². The third kappa shape index (κ3) is 2.27. The van der Waals surface area contributed by atoms with Crippen LogP contribution in [0.2, 0.25) is 0 Å². The molecule has 3 rings (SSSR count). The maximum atomic E-state index is 9.48. The fourth-order valence-corrected chi connectivity index (χ4v) is 2.66. The Kier molecular flexibility index (Phi) is 3.48. The topological polar surface area (TPSA) is 68.3 Å². The molecule has 0 spiro atoms. The zero-order valence-corrected chi connectivity index (χ0v) is 12.5. The Hall–Kier alpha value is -2.93. The van der Waals surface area contributed by atoms with Crippen LogP contribution in [-0.2, 0) is 0 Å². The third-order valence-electron chi connectivity index (χ3n) is 3.84. The van der Waals surface area contributed by atoms with E-state index in [2.05, 4.69) is 6.07 Å². The summed E-state index contributed by atoms with van der Waals surface area (Å²) in [4.78, 5) is 0. The molecule has 1 heterocycles. The number of methoxy groups -OCH3 is 1. The standard InChI is InChI=1S/C18H16N2O2/c1-11-3-5-12(6-4-11)17-14-8-7-13(21-2)9-16(14)22-18(20)15(17)10-19/h3-9,17H,20H2,1-2H3/t17-/m1/s1. The molecule has 4 heteroatoms. The zero-order valence-electron chi connectivity index (χ0n) is 12.5. The lowest BCUT2D eigenvalue weighted by molar-refractivity contribution is 0.381. The fraction of sp³-hybridized carbons (Fsp3) is 0.167. The van der Waals surface area contributed by atoms with Crippen molar-refractivity contribution in [2.45, 2.75) is 12.8 Å². The Morgan fingerprint density at radius 3 is 2.55 bits per heavy atom. The predicted molar refractivity (Wildman–Crippen MR) is 83.5 cm³/mol. The molecule has 0 aromatic heterocycles. The van der Waals surface area contributed by atoms with Crippen LogP contribution in [0.25, 0.3) is 0 Å². The van der Waals surface area contributed by atoms with Crippen LogP contribution < -0.4 is 15.2 Å². The van der Waals surface area contributed by atoms with Crippen LogP contribution in [0.3, 0.4) is 0 Å². The molecular formula is C18H16N2O2. The number of aryl methyl sites for hydroxylation is 1. The summed E-state index contributed by atoms with van der Waals surface area (Å²) in [5, 5.41) is 9.48. The average Bonchev–Trinajstić information content (AvgIpc) is 2.54. The van der Waals surface area contributed by atoms with Gasteiger partial charge in [-0.2, -0.15) is 5.26 Å². The molecule has 0 saturated heterocycles. The van der Waals surface area contributed by atoms with Gasteiger partial charge in [0.2, 0.25) is 5.88 Å². The largest absolute Gasteiger partial charge is 0.497 e. The lowest BCUT2D eigenvalue weighted by atomic mass is 9.83. The van der Waals surface area contributed by atoms with Crippen molar-refractivity contribution >= 4 is 0 Å². The molecule has 2 aromatic rings. The van der Waals surface area contributed by atoms with Gasteiger partial charge in [-0.15, -0.1) is 0 Å². The third-order valence-corrected chi connectivity index (χ3v) is 3.84. The molecule has 0 bridgehead atoms. The molecule has 0 aliphatic carbocycles. The Morgan fingerprint density at radius 2 is 1.91 bits per heavy atom. The summed E-state index contributed by atoms with van der Waals surface area (Å²) in [7, 11) is 1.60. The second-order valence-electron chi connectivity index (χ2n) is 5.24. The summed E-state index contributed by atoms with van der Waals surface area (Å²) in [5.41, 5.74) is 9.47. The highest BCUT2D eigenvalue weighted by atomic mass is 16.5. The lowest BCUT2D eigenvalue weighted by Crippen LogP contribution is -2.21. The SMILES string of the molecule is COc1ccc2c(c1)OC(N)=C(C#N)[C@@H]2c1ccc(C)cc1. The normalized spacial score (nSPS) is 16.5. The van der Waals surface area contributed by atoms with Crippen LogP contribution in [0, 0.1) is 18.3 Å². The van der Waals surface area contributed by atoms with E-state index in [0.717, 1.165) is 11.1 Å². The van der Waals surface area contributed by atoms with Crippen LogP contribution >= 0.6 is 0 Å². The molecule has 110 valence electrons. The zero-order chi connectivity index (χ0) is 15.7. The number of ether oxygens (including phenoxy) is 2. The predicted octanol–water partition coefficient (Wildman–Crippen LogP) is 3.22. The second-order valence-corrected chi connectivity index (χ2v) is 5.24. The van der Waals surface area contributed by atoms with Crippen molar-refractivity contribution in [3.05, 3.63) is 70.6 Å². The van der Waals surface area contributed by atoms with Crippen molar-refractivity contribution in [1.29, 1.82) is 5.26 Å². The number of fused-ring (bicyclic) bond motifs is 1. The van der Waals surface area contributed by atoms with E-state index in [-0.39, 0.29) is 11.8 Å². The van der Waals surface area contributed by atoms with Crippen LogP contribution in [0.15, 0.2) is 53.9 Å². The maximum Gasteiger partial charge on any atom is 0.205 e. The average molecular weight is 292 g/mol. The van der Waals surface area contributed by atoms with Gasteiger partial charge in [0.1, 0.15) is 23.1 Å². The summed E-state index contributed by atoms with van der Waals surface area (Å²) in [6, 6.07) is 15.8. The van der Waals surface area contributed by atoms with Crippen molar-refractivity contribution < 1.29 is 9.47 Å². The number of nitriles is 1. The molecule has 2 aromatic carbocycles. The van der Waals surface area contributed by atoms with Crippen molar-refractivity contribution in [2.75, 3.05) is 7.11 Å². The van der Waals surface area contributed by atoms with E-state index < -0.39 is 0 Å². The molecule has 0 amide bonds. The minimum Gasteiger partial charge on any atom is -0.497 e. The number of hydrogen-bond donors (Lipinski definition) is 1. The van der Waals surface area contributed by atoms with Crippen LogP contribution in [0.1, 0.15) is 22.6 Å². The Morgan fingerprint density at radius 1 is 1.18 bits per heavy atom. The Labute approximate surface area is 129 Å². The first-order valence-corrected chi connectivity index (χ1v) is 6.96. The number of nitrogens with zero attached hydrogens (tertiary/aromatic N) is 1. The molecule has 1 aliphatic rings. The maximum absolute atomic E-state index is 9.48. The van der Waals surface area contributed by atoms with Crippen molar-refractivity contribution in [3.8, 4) is 17.6 Å². The number of hydrogen-bond acceptors (Lipinski definition) is 4. The van der Waals surface area contributed by atoms with Gasteiger partial charge in [0.15, 0.2) is 0 Å². The number of nitrogens with two attached hydrogens (primary N) is 1. The van der Waals surface area contributed by atoms with Crippen molar-refractivity contribution in [1.82, 2.24) is 0 Å². The monoisotopic (exact) mass is 292 g/mol. The van der Waals surface area contributed by atoms with Gasteiger partial charge in [0.05, 0.1) is 13.0 Å². The van der Waals surface area contributed by atoms with Gasteiger partial charge in [-0.1, -0.05) is 35.9 Å². The molecule has 2 N–H and O–H groups in total. The molecule has 0 unspecified atom stereocenters. The van der Waals surface area contributed by atoms with Crippen LogP contribution in [0.5, 0.6) is 11.5 Å². The van der Waals surface area contributed by atoms with Gasteiger partial charge < -0.3 is 15.2 Å². The first-order valence-electron chi connectivity index (χ1n) is 6.96. The minimum atomic E-state index is -0.222.